The average Bonchev–Trinajstić information content (AvgIpc) is 2.74. The Labute approximate surface area is 175 Å². The molecule has 29 heavy (non-hydrogen) atoms. The standard InChI is InChI=1S/C24H33NO3S/c1-5-21(6-2)25-15-13-19(14-16-25)23-17-20(9-12-24(23)28-3)18-7-10-22(11-8-18)29(4,26)27/h7-12,17,19,21H,5-6,13-16H2,1-4H3. The van der Waals surface area contributed by atoms with Crippen molar-refractivity contribution in [1.29, 1.82) is 0 Å². The molecule has 0 unspecified atom stereocenters. The highest BCUT2D eigenvalue weighted by atomic mass is 32.2. The number of ether oxygens (including phenoxy) is 1. The van der Waals surface area contributed by atoms with Gasteiger partial charge >= 0.3 is 0 Å². The van der Waals surface area contributed by atoms with Crippen LogP contribution in [-0.2, 0) is 9.84 Å². The molecule has 2 aromatic carbocycles. The molecule has 1 aliphatic heterocycles. The van der Waals surface area contributed by atoms with E-state index in [-0.39, 0.29) is 0 Å². The van der Waals surface area contributed by atoms with Gasteiger partial charge in [-0.1, -0.05) is 32.0 Å². The smallest absolute Gasteiger partial charge is 0.175 e. The van der Waals surface area contributed by atoms with Gasteiger partial charge in [0.25, 0.3) is 0 Å². The summed E-state index contributed by atoms with van der Waals surface area (Å²) >= 11 is 0. The van der Waals surface area contributed by atoms with E-state index in [9.17, 15) is 8.42 Å². The van der Waals surface area contributed by atoms with Crippen LogP contribution < -0.4 is 4.74 Å². The maximum Gasteiger partial charge on any atom is 0.175 e. The fourth-order valence-electron chi connectivity index (χ4n) is 4.51. The zero-order chi connectivity index (χ0) is 21.0. The summed E-state index contributed by atoms with van der Waals surface area (Å²) in [5, 5.41) is 0. The summed E-state index contributed by atoms with van der Waals surface area (Å²) in [7, 11) is -1.44. The Kier molecular flexibility index (Phi) is 7.01. The molecule has 4 nitrogen and oxygen atoms in total. The van der Waals surface area contributed by atoms with Gasteiger partial charge in [0.2, 0.25) is 0 Å². The summed E-state index contributed by atoms with van der Waals surface area (Å²) in [5.74, 6) is 1.44. The van der Waals surface area contributed by atoms with Crippen molar-refractivity contribution in [2.45, 2.75) is 56.4 Å². The highest BCUT2D eigenvalue weighted by Crippen LogP contribution is 2.37. The fourth-order valence-corrected chi connectivity index (χ4v) is 5.14. The molecule has 158 valence electrons. The maximum absolute atomic E-state index is 11.7. The first-order valence-electron chi connectivity index (χ1n) is 10.6. The Balaban J connectivity index is 1.83. The number of benzene rings is 2. The van der Waals surface area contributed by atoms with E-state index in [1.165, 1.54) is 24.7 Å². The van der Waals surface area contributed by atoms with Gasteiger partial charge < -0.3 is 9.64 Å². The first-order valence-corrected chi connectivity index (χ1v) is 12.5. The number of hydrogen-bond acceptors (Lipinski definition) is 4. The van der Waals surface area contributed by atoms with E-state index in [0.29, 0.717) is 16.9 Å². The molecule has 3 rings (SSSR count). The average molecular weight is 416 g/mol. The molecule has 1 fully saturated rings. The molecule has 1 saturated heterocycles. The van der Waals surface area contributed by atoms with Crippen LogP contribution in [0.5, 0.6) is 5.75 Å². The Hall–Kier alpha value is -1.85. The molecule has 5 heteroatoms. The molecule has 0 N–H and O–H groups in total. The van der Waals surface area contributed by atoms with Crippen LogP contribution in [-0.4, -0.2) is 45.8 Å². The molecule has 0 atom stereocenters. The van der Waals surface area contributed by atoms with Crippen molar-refractivity contribution in [3.8, 4) is 16.9 Å². The first-order chi connectivity index (χ1) is 13.9. The molecule has 2 aromatic rings. The van der Waals surface area contributed by atoms with Crippen LogP contribution in [0.15, 0.2) is 47.4 Å². The summed E-state index contributed by atoms with van der Waals surface area (Å²) in [5.41, 5.74) is 3.39. The third-order valence-corrected chi connectivity index (χ3v) is 7.40. The number of nitrogens with zero attached hydrogens (tertiary/aromatic N) is 1. The quantitative estimate of drug-likeness (QED) is 0.629. The lowest BCUT2D eigenvalue weighted by molar-refractivity contribution is 0.143. The second-order valence-electron chi connectivity index (χ2n) is 8.03. The largest absolute Gasteiger partial charge is 0.496 e. The van der Waals surface area contributed by atoms with Crippen molar-refractivity contribution < 1.29 is 13.2 Å². The minimum Gasteiger partial charge on any atom is -0.496 e. The number of likely N-dealkylation sites (tertiary alicyclic amines) is 1. The lowest BCUT2D eigenvalue weighted by Gasteiger charge is -2.37. The second-order valence-corrected chi connectivity index (χ2v) is 10.0. The monoisotopic (exact) mass is 415 g/mol. The van der Waals surface area contributed by atoms with E-state index in [0.717, 1.165) is 42.8 Å². The number of rotatable bonds is 7. The number of sulfone groups is 1. The summed E-state index contributed by atoms with van der Waals surface area (Å²) in [6.07, 6.45) is 5.95. The van der Waals surface area contributed by atoms with E-state index < -0.39 is 9.84 Å². The van der Waals surface area contributed by atoms with Crippen LogP contribution in [0.2, 0.25) is 0 Å². The third kappa shape index (κ3) is 5.01. The van der Waals surface area contributed by atoms with Gasteiger partial charge in [0.1, 0.15) is 5.75 Å². The van der Waals surface area contributed by atoms with Crippen LogP contribution in [0, 0.1) is 0 Å². The summed E-state index contributed by atoms with van der Waals surface area (Å²) in [6.45, 7) is 6.82. The van der Waals surface area contributed by atoms with E-state index in [4.69, 9.17) is 4.74 Å². The van der Waals surface area contributed by atoms with Crippen molar-refractivity contribution in [2.24, 2.45) is 0 Å². The van der Waals surface area contributed by atoms with Crippen molar-refractivity contribution in [3.63, 3.8) is 0 Å². The Bertz CT molecular complexity index is 910. The minimum absolute atomic E-state index is 0.351. The van der Waals surface area contributed by atoms with Crippen molar-refractivity contribution in [3.05, 3.63) is 48.0 Å². The number of hydrogen-bond donors (Lipinski definition) is 0. The summed E-state index contributed by atoms with van der Waals surface area (Å²) in [6, 6.07) is 14.2. The van der Waals surface area contributed by atoms with Crippen molar-refractivity contribution in [1.82, 2.24) is 4.90 Å². The predicted octanol–water partition coefficient (Wildman–Crippen LogP) is 5.13. The summed E-state index contributed by atoms with van der Waals surface area (Å²) in [4.78, 5) is 2.99. The Morgan fingerprint density at radius 2 is 1.59 bits per heavy atom. The molecule has 0 amide bonds. The Morgan fingerprint density at radius 1 is 1.00 bits per heavy atom. The lowest BCUT2D eigenvalue weighted by atomic mass is 9.86. The number of piperidine rings is 1. The van der Waals surface area contributed by atoms with Crippen molar-refractivity contribution in [2.75, 3.05) is 26.5 Å². The van der Waals surface area contributed by atoms with Crippen LogP contribution in [0.25, 0.3) is 11.1 Å². The molecular formula is C24H33NO3S. The van der Waals surface area contributed by atoms with Gasteiger partial charge in [-0.3, -0.25) is 0 Å². The van der Waals surface area contributed by atoms with Gasteiger partial charge in [0.15, 0.2) is 9.84 Å². The first kappa shape index (κ1) is 21.8. The molecule has 1 aliphatic rings. The van der Waals surface area contributed by atoms with E-state index in [1.807, 2.05) is 18.2 Å². The topological polar surface area (TPSA) is 46.6 Å². The maximum atomic E-state index is 11.7. The molecule has 0 aromatic heterocycles. The molecule has 0 spiro atoms. The van der Waals surface area contributed by atoms with Gasteiger partial charge in [0.05, 0.1) is 12.0 Å². The number of methoxy groups -OCH3 is 1. The zero-order valence-corrected chi connectivity index (χ0v) is 18.8. The van der Waals surface area contributed by atoms with E-state index in [1.54, 1.807) is 19.2 Å². The van der Waals surface area contributed by atoms with Crippen LogP contribution in [0.4, 0.5) is 0 Å². The molecule has 0 aliphatic carbocycles. The molecule has 0 radical (unpaired) electrons. The SMILES string of the molecule is CCC(CC)N1CCC(c2cc(-c3ccc(S(C)(=O)=O)cc3)ccc2OC)CC1. The fraction of sp³-hybridized carbons (Fsp3) is 0.500. The molecule has 0 bridgehead atoms. The van der Waals surface area contributed by atoms with Gasteiger partial charge in [-0.15, -0.1) is 0 Å². The minimum atomic E-state index is -3.18. The third-order valence-electron chi connectivity index (χ3n) is 6.27. The van der Waals surface area contributed by atoms with Crippen molar-refractivity contribution >= 4 is 9.84 Å². The van der Waals surface area contributed by atoms with E-state index in [2.05, 4.69) is 30.9 Å². The Morgan fingerprint density at radius 3 is 2.10 bits per heavy atom. The van der Waals surface area contributed by atoms with E-state index >= 15 is 0 Å². The summed E-state index contributed by atoms with van der Waals surface area (Å²) < 4.78 is 29.1. The van der Waals surface area contributed by atoms with Gasteiger partial charge in [-0.05, 0) is 85.6 Å². The van der Waals surface area contributed by atoms with Gasteiger partial charge in [-0.25, -0.2) is 8.42 Å². The molecule has 1 heterocycles. The molecular weight excluding hydrogens is 382 g/mol. The van der Waals surface area contributed by atoms with Crippen LogP contribution >= 0.6 is 0 Å². The zero-order valence-electron chi connectivity index (χ0n) is 18.0. The highest BCUT2D eigenvalue weighted by molar-refractivity contribution is 7.90. The highest BCUT2D eigenvalue weighted by Gasteiger charge is 2.26. The van der Waals surface area contributed by atoms with Crippen LogP contribution in [0.3, 0.4) is 0 Å². The second kappa shape index (κ2) is 9.31. The normalized spacial score (nSPS) is 16.3. The van der Waals surface area contributed by atoms with Crippen LogP contribution in [0.1, 0.15) is 51.0 Å². The molecule has 0 saturated carbocycles. The van der Waals surface area contributed by atoms with Gasteiger partial charge in [-0.2, -0.15) is 0 Å². The predicted molar refractivity (Wildman–Crippen MR) is 119 cm³/mol. The van der Waals surface area contributed by atoms with Gasteiger partial charge in [0, 0.05) is 12.3 Å². The lowest BCUT2D eigenvalue weighted by Crippen LogP contribution is -2.40.